The third kappa shape index (κ3) is 4.95. The second kappa shape index (κ2) is 8.27. The highest BCUT2D eigenvalue weighted by atomic mass is 16.5. The van der Waals surface area contributed by atoms with Crippen molar-refractivity contribution < 1.29 is 19.5 Å². The Morgan fingerprint density at radius 2 is 0.970 bits per heavy atom. The molecule has 1 aliphatic rings. The predicted octanol–water partition coefficient (Wildman–Crippen LogP) is 3.61. The molecule has 1 aliphatic carbocycles. The standard InChI is InChI=1S/C27H38B2O4/c1-23(2)21-15-17(28-32-26(7,8)24(3,4)30)11-13-19(21)20-14-12-18(16-22(20)23)29-33-27(9,10)25(5,6)31/h11-16,30-31H,1-10H3. The smallest absolute Gasteiger partial charge is 0.330 e. The van der Waals surface area contributed by atoms with E-state index in [0.29, 0.717) is 0 Å². The summed E-state index contributed by atoms with van der Waals surface area (Å²) < 4.78 is 12.0. The van der Waals surface area contributed by atoms with Crippen molar-refractivity contribution in [3.8, 4) is 11.1 Å². The third-order valence-corrected chi connectivity index (χ3v) is 7.65. The first-order valence-electron chi connectivity index (χ1n) is 11.6. The summed E-state index contributed by atoms with van der Waals surface area (Å²) in [7, 11) is 3.48. The number of benzene rings is 2. The zero-order valence-corrected chi connectivity index (χ0v) is 21.8. The Kier molecular flexibility index (Phi) is 6.52. The van der Waals surface area contributed by atoms with Gasteiger partial charge in [-0.25, -0.2) is 0 Å². The van der Waals surface area contributed by atoms with Gasteiger partial charge in [0.1, 0.15) is 0 Å². The van der Waals surface area contributed by atoms with E-state index in [1.807, 2.05) is 27.7 Å². The van der Waals surface area contributed by atoms with E-state index in [4.69, 9.17) is 9.31 Å². The van der Waals surface area contributed by atoms with Gasteiger partial charge in [0.25, 0.3) is 0 Å². The summed E-state index contributed by atoms with van der Waals surface area (Å²) in [6.45, 7) is 19.0. The highest BCUT2D eigenvalue weighted by Crippen LogP contribution is 2.47. The molecule has 176 valence electrons. The number of hydrogen-bond acceptors (Lipinski definition) is 4. The summed E-state index contributed by atoms with van der Waals surface area (Å²) in [5.41, 5.74) is 3.31. The quantitative estimate of drug-likeness (QED) is 0.606. The van der Waals surface area contributed by atoms with Crippen molar-refractivity contribution in [3.63, 3.8) is 0 Å². The van der Waals surface area contributed by atoms with Crippen molar-refractivity contribution in [3.05, 3.63) is 47.5 Å². The predicted molar refractivity (Wildman–Crippen MR) is 138 cm³/mol. The summed E-state index contributed by atoms with van der Waals surface area (Å²) in [5.74, 6) is 0. The zero-order valence-electron chi connectivity index (χ0n) is 21.8. The molecule has 2 radical (unpaired) electrons. The molecule has 0 aliphatic heterocycles. The minimum Gasteiger partial charge on any atom is -0.427 e. The van der Waals surface area contributed by atoms with Crippen molar-refractivity contribution in [1.82, 2.24) is 0 Å². The van der Waals surface area contributed by atoms with E-state index < -0.39 is 22.4 Å². The van der Waals surface area contributed by atoms with E-state index in [1.165, 1.54) is 22.3 Å². The maximum Gasteiger partial charge on any atom is 0.330 e. The van der Waals surface area contributed by atoms with E-state index in [9.17, 15) is 10.2 Å². The molecule has 2 N–H and O–H groups in total. The zero-order chi connectivity index (χ0) is 25.0. The maximum atomic E-state index is 10.4. The van der Waals surface area contributed by atoms with E-state index in [2.05, 4.69) is 50.2 Å². The number of hydrogen-bond donors (Lipinski definition) is 2. The van der Waals surface area contributed by atoms with Crippen molar-refractivity contribution in [2.75, 3.05) is 0 Å². The van der Waals surface area contributed by atoms with E-state index in [-0.39, 0.29) is 5.41 Å². The molecule has 6 heteroatoms. The topological polar surface area (TPSA) is 58.9 Å². The Labute approximate surface area is 201 Å². The van der Waals surface area contributed by atoms with Gasteiger partial charge in [-0.3, -0.25) is 0 Å². The second-order valence-electron chi connectivity index (χ2n) is 11.8. The summed E-state index contributed by atoms with van der Waals surface area (Å²) in [6.07, 6.45) is 0. The van der Waals surface area contributed by atoms with Crippen LogP contribution in [0.1, 0.15) is 80.4 Å². The fraction of sp³-hybridized carbons (Fsp3) is 0.556. The summed E-state index contributed by atoms with van der Waals surface area (Å²) in [5, 5.41) is 20.7. The minimum absolute atomic E-state index is 0.185. The lowest BCUT2D eigenvalue weighted by Gasteiger charge is -2.37. The molecule has 0 spiro atoms. The van der Waals surface area contributed by atoms with Gasteiger partial charge in [0, 0.05) is 5.41 Å². The molecule has 0 saturated heterocycles. The fourth-order valence-corrected chi connectivity index (χ4v) is 3.64. The lowest BCUT2D eigenvalue weighted by atomic mass is 9.76. The van der Waals surface area contributed by atoms with Crippen LogP contribution in [0.4, 0.5) is 0 Å². The molecule has 0 amide bonds. The monoisotopic (exact) mass is 448 g/mol. The average molecular weight is 448 g/mol. The Bertz CT molecular complexity index is 946. The van der Waals surface area contributed by atoms with Gasteiger partial charge in [0.05, 0.1) is 22.4 Å². The van der Waals surface area contributed by atoms with E-state index in [1.54, 1.807) is 42.7 Å². The molecule has 2 aromatic rings. The van der Waals surface area contributed by atoms with Crippen LogP contribution in [0, 0.1) is 0 Å². The van der Waals surface area contributed by atoms with Crippen LogP contribution in [0.25, 0.3) is 11.1 Å². The van der Waals surface area contributed by atoms with Crippen molar-refractivity contribution >= 4 is 25.9 Å². The van der Waals surface area contributed by atoms with Crippen LogP contribution in [0.5, 0.6) is 0 Å². The Balaban J connectivity index is 1.84. The highest BCUT2D eigenvalue weighted by molar-refractivity contribution is 6.47. The normalized spacial score (nSPS) is 15.8. The molecular weight excluding hydrogens is 410 g/mol. The van der Waals surface area contributed by atoms with Gasteiger partial charge in [-0.15, -0.1) is 0 Å². The number of rotatable bonds is 8. The van der Waals surface area contributed by atoms with Crippen LogP contribution in [-0.2, 0) is 14.7 Å². The van der Waals surface area contributed by atoms with Crippen LogP contribution in [0.3, 0.4) is 0 Å². The maximum absolute atomic E-state index is 10.4. The fourth-order valence-electron chi connectivity index (χ4n) is 3.64. The van der Waals surface area contributed by atoms with Crippen LogP contribution in [-0.4, -0.2) is 47.6 Å². The first-order chi connectivity index (χ1) is 14.9. The molecule has 33 heavy (non-hydrogen) atoms. The number of aliphatic hydroxyl groups is 2. The van der Waals surface area contributed by atoms with Gasteiger partial charge in [0.2, 0.25) is 0 Å². The third-order valence-electron chi connectivity index (χ3n) is 7.65. The molecule has 0 atom stereocenters. The second-order valence-corrected chi connectivity index (χ2v) is 11.8. The minimum atomic E-state index is -0.968. The van der Waals surface area contributed by atoms with Gasteiger partial charge in [-0.05, 0) is 77.6 Å². The van der Waals surface area contributed by atoms with Crippen molar-refractivity contribution in [1.29, 1.82) is 0 Å². The van der Waals surface area contributed by atoms with Gasteiger partial charge < -0.3 is 19.5 Å². The lowest BCUT2D eigenvalue weighted by molar-refractivity contribution is -0.0893. The van der Waals surface area contributed by atoms with Crippen molar-refractivity contribution in [2.45, 2.75) is 97.1 Å². The molecule has 0 bridgehead atoms. The van der Waals surface area contributed by atoms with Crippen LogP contribution < -0.4 is 10.9 Å². The molecule has 4 nitrogen and oxygen atoms in total. The largest absolute Gasteiger partial charge is 0.427 e. The van der Waals surface area contributed by atoms with Gasteiger partial charge in [-0.1, -0.05) is 61.2 Å². The Morgan fingerprint density at radius 1 is 0.636 bits per heavy atom. The first kappa shape index (κ1) is 26.0. The molecule has 2 aromatic carbocycles. The molecule has 0 heterocycles. The van der Waals surface area contributed by atoms with Gasteiger partial charge in [0.15, 0.2) is 0 Å². The van der Waals surface area contributed by atoms with Crippen LogP contribution >= 0.6 is 0 Å². The summed E-state index contributed by atoms with van der Waals surface area (Å²) in [6, 6.07) is 12.7. The lowest BCUT2D eigenvalue weighted by Crippen LogP contribution is -2.49. The molecule has 0 saturated carbocycles. The first-order valence-corrected chi connectivity index (χ1v) is 11.6. The van der Waals surface area contributed by atoms with Crippen molar-refractivity contribution in [2.24, 2.45) is 0 Å². The SMILES string of the molecule is CC1(C)c2cc([B]OC(C)(C)C(C)(C)O)ccc2-c2ccc([B]OC(C)(C)C(C)(C)O)cc21. The van der Waals surface area contributed by atoms with Crippen LogP contribution in [0.2, 0.25) is 0 Å². The summed E-state index contributed by atoms with van der Waals surface area (Å²) in [4.78, 5) is 0. The van der Waals surface area contributed by atoms with E-state index >= 15 is 0 Å². The summed E-state index contributed by atoms with van der Waals surface area (Å²) >= 11 is 0. The molecule has 3 rings (SSSR count). The molecular formula is C27H38B2O4. The average Bonchev–Trinajstić information content (AvgIpc) is 2.90. The van der Waals surface area contributed by atoms with Crippen LogP contribution in [0.15, 0.2) is 36.4 Å². The number of fused-ring (bicyclic) bond motifs is 3. The molecule has 0 aromatic heterocycles. The Hall–Kier alpha value is -1.59. The Morgan fingerprint density at radius 3 is 1.27 bits per heavy atom. The van der Waals surface area contributed by atoms with Gasteiger partial charge in [-0.2, -0.15) is 0 Å². The van der Waals surface area contributed by atoms with E-state index in [0.717, 1.165) is 10.9 Å². The molecule has 0 unspecified atom stereocenters. The highest BCUT2D eigenvalue weighted by Gasteiger charge is 2.39. The van der Waals surface area contributed by atoms with Gasteiger partial charge >= 0.3 is 15.0 Å². The molecule has 0 fully saturated rings.